The van der Waals surface area contributed by atoms with Crippen molar-refractivity contribution < 1.29 is 4.74 Å². The van der Waals surface area contributed by atoms with Crippen LogP contribution < -0.4 is 5.73 Å². The molecule has 0 aromatic heterocycles. The van der Waals surface area contributed by atoms with Gasteiger partial charge in [0.1, 0.15) is 0 Å². The van der Waals surface area contributed by atoms with Crippen molar-refractivity contribution in [2.24, 2.45) is 23.5 Å². The van der Waals surface area contributed by atoms with E-state index < -0.39 is 0 Å². The Bertz CT molecular complexity index is 193. The zero-order valence-electron chi connectivity index (χ0n) is 11.5. The van der Waals surface area contributed by atoms with Crippen LogP contribution in [0.15, 0.2) is 0 Å². The number of hydrogen-bond acceptors (Lipinski definition) is 2. The Kier molecular flexibility index (Phi) is 5.26. The summed E-state index contributed by atoms with van der Waals surface area (Å²) in [5, 5.41) is 0. The molecule has 2 nitrogen and oxygen atoms in total. The SMILES string of the molecule is CC(C)COC1(CN)CCC(C(C)C)CC1. The van der Waals surface area contributed by atoms with Gasteiger partial charge in [-0.25, -0.2) is 0 Å². The van der Waals surface area contributed by atoms with E-state index in [4.69, 9.17) is 10.5 Å². The van der Waals surface area contributed by atoms with E-state index >= 15 is 0 Å². The first-order valence-electron chi connectivity index (χ1n) is 6.83. The molecule has 1 fully saturated rings. The molecule has 16 heavy (non-hydrogen) atoms. The van der Waals surface area contributed by atoms with Gasteiger partial charge in [-0.3, -0.25) is 0 Å². The third-order valence-corrected chi connectivity index (χ3v) is 3.98. The van der Waals surface area contributed by atoms with Crippen molar-refractivity contribution in [1.82, 2.24) is 0 Å². The molecule has 0 spiro atoms. The lowest BCUT2D eigenvalue weighted by molar-refractivity contribution is -0.0835. The molecule has 96 valence electrons. The molecule has 0 aromatic rings. The minimum Gasteiger partial charge on any atom is -0.373 e. The second-order valence-electron chi connectivity index (χ2n) is 6.17. The fourth-order valence-electron chi connectivity index (χ4n) is 2.58. The Labute approximate surface area is 101 Å². The molecule has 0 unspecified atom stereocenters. The molecule has 0 aliphatic heterocycles. The highest BCUT2D eigenvalue weighted by molar-refractivity contribution is 4.89. The second-order valence-corrected chi connectivity index (χ2v) is 6.17. The van der Waals surface area contributed by atoms with E-state index in [0.29, 0.717) is 12.5 Å². The summed E-state index contributed by atoms with van der Waals surface area (Å²) < 4.78 is 6.08. The topological polar surface area (TPSA) is 35.2 Å². The predicted octanol–water partition coefficient (Wildman–Crippen LogP) is 3.20. The van der Waals surface area contributed by atoms with Crippen LogP contribution in [0.3, 0.4) is 0 Å². The van der Waals surface area contributed by atoms with Crippen molar-refractivity contribution in [3.05, 3.63) is 0 Å². The van der Waals surface area contributed by atoms with Gasteiger partial charge < -0.3 is 10.5 Å². The van der Waals surface area contributed by atoms with Crippen LogP contribution in [0, 0.1) is 17.8 Å². The van der Waals surface area contributed by atoms with Gasteiger partial charge in [0.25, 0.3) is 0 Å². The highest BCUT2D eigenvalue weighted by Gasteiger charge is 2.35. The first-order valence-corrected chi connectivity index (χ1v) is 6.83. The number of nitrogens with two attached hydrogens (primary N) is 1. The van der Waals surface area contributed by atoms with Crippen molar-refractivity contribution in [2.45, 2.75) is 59.0 Å². The van der Waals surface area contributed by atoms with Crippen LogP contribution in [0.1, 0.15) is 53.4 Å². The van der Waals surface area contributed by atoms with Gasteiger partial charge in [-0.1, -0.05) is 27.7 Å². The van der Waals surface area contributed by atoms with Gasteiger partial charge in [0.2, 0.25) is 0 Å². The van der Waals surface area contributed by atoms with Gasteiger partial charge in [-0.15, -0.1) is 0 Å². The van der Waals surface area contributed by atoms with Crippen LogP contribution in [0.2, 0.25) is 0 Å². The Morgan fingerprint density at radius 2 is 1.75 bits per heavy atom. The number of rotatable bonds is 5. The van der Waals surface area contributed by atoms with E-state index in [1.54, 1.807) is 0 Å². The highest BCUT2D eigenvalue weighted by Crippen LogP contribution is 2.37. The lowest BCUT2D eigenvalue weighted by atomic mass is 9.74. The zero-order chi connectivity index (χ0) is 12.2. The summed E-state index contributed by atoms with van der Waals surface area (Å²) in [6.07, 6.45) is 4.87. The summed E-state index contributed by atoms with van der Waals surface area (Å²) in [7, 11) is 0. The minimum atomic E-state index is -0.00431. The predicted molar refractivity (Wildman–Crippen MR) is 69.4 cm³/mol. The molecule has 0 amide bonds. The molecule has 0 heterocycles. The fraction of sp³-hybridized carbons (Fsp3) is 1.00. The van der Waals surface area contributed by atoms with Crippen LogP contribution in [-0.2, 0) is 4.74 Å². The average Bonchev–Trinajstić information content (AvgIpc) is 2.27. The van der Waals surface area contributed by atoms with Crippen molar-refractivity contribution in [3.8, 4) is 0 Å². The fourth-order valence-corrected chi connectivity index (χ4v) is 2.58. The monoisotopic (exact) mass is 227 g/mol. The lowest BCUT2D eigenvalue weighted by Gasteiger charge is -2.41. The molecule has 2 heteroatoms. The molecular formula is C14H29NO. The molecular weight excluding hydrogens is 198 g/mol. The molecule has 0 atom stereocenters. The van der Waals surface area contributed by atoms with Gasteiger partial charge in [0, 0.05) is 13.2 Å². The first kappa shape index (κ1) is 14.0. The van der Waals surface area contributed by atoms with Crippen LogP contribution in [0.4, 0.5) is 0 Å². The molecule has 0 saturated heterocycles. The standard InChI is InChI=1S/C14H29NO/c1-11(2)9-16-14(10-15)7-5-13(6-8-14)12(3)4/h11-13H,5-10,15H2,1-4H3. The van der Waals surface area contributed by atoms with Gasteiger partial charge >= 0.3 is 0 Å². The molecule has 1 rings (SSSR count). The Morgan fingerprint density at radius 1 is 1.19 bits per heavy atom. The van der Waals surface area contributed by atoms with Crippen molar-refractivity contribution >= 4 is 0 Å². The van der Waals surface area contributed by atoms with E-state index in [0.717, 1.165) is 31.3 Å². The second kappa shape index (κ2) is 6.02. The molecule has 1 aliphatic rings. The molecule has 1 aliphatic carbocycles. The van der Waals surface area contributed by atoms with E-state index in [1.807, 2.05) is 0 Å². The molecule has 0 aromatic carbocycles. The summed E-state index contributed by atoms with van der Waals surface area (Å²) in [5.41, 5.74) is 5.92. The number of ether oxygens (including phenoxy) is 1. The summed E-state index contributed by atoms with van der Waals surface area (Å²) in [5.74, 6) is 2.29. The summed E-state index contributed by atoms with van der Waals surface area (Å²) in [4.78, 5) is 0. The number of hydrogen-bond donors (Lipinski definition) is 1. The minimum absolute atomic E-state index is 0.00431. The average molecular weight is 227 g/mol. The normalized spacial score (nSPS) is 31.3. The van der Waals surface area contributed by atoms with E-state index in [1.165, 1.54) is 12.8 Å². The maximum atomic E-state index is 6.08. The quantitative estimate of drug-likeness (QED) is 0.783. The molecule has 2 N–H and O–H groups in total. The molecule has 1 saturated carbocycles. The van der Waals surface area contributed by atoms with Crippen LogP contribution in [0.5, 0.6) is 0 Å². The highest BCUT2D eigenvalue weighted by atomic mass is 16.5. The van der Waals surface area contributed by atoms with E-state index in [2.05, 4.69) is 27.7 Å². The van der Waals surface area contributed by atoms with Gasteiger partial charge in [0.15, 0.2) is 0 Å². The van der Waals surface area contributed by atoms with Crippen LogP contribution >= 0.6 is 0 Å². The van der Waals surface area contributed by atoms with Crippen molar-refractivity contribution in [2.75, 3.05) is 13.2 Å². The van der Waals surface area contributed by atoms with Crippen LogP contribution in [-0.4, -0.2) is 18.8 Å². The lowest BCUT2D eigenvalue weighted by Crippen LogP contribution is -2.45. The maximum Gasteiger partial charge on any atom is 0.0804 e. The Hall–Kier alpha value is -0.0800. The summed E-state index contributed by atoms with van der Waals surface area (Å²) in [6.45, 7) is 10.6. The molecule has 0 radical (unpaired) electrons. The summed E-state index contributed by atoms with van der Waals surface area (Å²) >= 11 is 0. The van der Waals surface area contributed by atoms with E-state index in [-0.39, 0.29) is 5.60 Å². The maximum absolute atomic E-state index is 6.08. The summed E-state index contributed by atoms with van der Waals surface area (Å²) in [6, 6.07) is 0. The van der Waals surface area contributed by atoms with Crippen LogP contribution in [0.25, 0.3) is 0 Å². The zero-order valence-corrected chi connectivity index (χ0v) is 11.5. The van der Waals surface area contributed by atoms with E-state index in [9.17, 15) is 0 Å². The molecule has 0 bridgehead atoms. The van der Waals surface area contributed by atoms with Gasteiger partial charge in [-0.2, -0.15) is 0 Å². The Morgan fingerprint density at radius 3 is 2.12 bits per heavy atom. The first-order chi connectivity index (χ1) is 7.49. The third kappa shape index (κ3) is 3.74. The largest absolute Gasteiger partial charge is 0.373 e. The van der Waals surface area contributed by atoms with Gasteiger partial charge in [0.05, 0.1) is 5.60 Å². The Balaban J connectivity index is 2.45. The third-order valence-electron chi connectivity index (χ3n) is 3.98. The van der Waals surface area contributed by atoms with Crippen molar-refractivity contribution in [1.29, 1.82) is 0 Å². The smallest absolute Gasteiger partial charge is 0.0804 e. The van der Waals surface area contributed by atoms with Gasteiger partial charge in [-0.05, 0) is 43.4 Å². The van der Waals surface area contributed by atoms with Crippen molar-refractivity contribution in [3.63, 3.8) is 0 Å².